The molecule has 1 atom stereocenters. The van der Waals surface area contributed by atoms with Gasteiger partial charge in [0.15, 0.2) is 0 Å². The molecule has 1 N–H and O–H groups in total. The number of fused-ring (bicyclic) bond motifs is 1. The number of imide groups is 1. The molecule has 2 aliphatic rings. The Bertz CT molecular complexity index is 1190. The molecule has 4 heterocycles. The van der Waals surface area contributed by atoms with Crippen molar-refractivity contribution in [1.29, 1.82) is 0 Å². The molecule has 2 amide bonds. The predicted octanol–water partition coefficient (Wildman–Crippen LogP) is 4.70. The van der Waals surface area contributed by atoms with E-state index in [4.69, 9.17) is 16.3 Å². The Balaban J connectivity index is 1.55. The fraction of sp³-hybridized carbons (Fsp3) is 0.375. The van der Waals surface area contributed by atoms with Crippen molar-refractivity contribution in [3.63, 3.8) is 0 Å². The van der Waals surface area contributed by atoms with Crippen molar-refractivity contribution in [2.75, 3.05) is 13.1 Å². The molecule has 0 aliphatic carbocycles. The van der Waals surface area contributed by atoms with E-state index in [1.807, 2.05) is 31.2 Å². The summed E-state index contributed by atoms with van der Waals surface area (Å²) >= 11 is 8.01. The number of rotatable bonds is 5. The van der Waals surface area contributed by atoms with Crippen LogP contribution < -0.4 is 10.1 Å². The zero-order valence-electron chi connectivity index (χ0n) is 17.8. The van der Waals surface area contributed by atoms with Crippen molar-refractivity contribution < 1.29 is 14.3 Å². The van der Waals surface area contributed by atoms with Gasteiger partial charge < -0.3 is 10.1 Å². The molecule has 5 rings (SSSR count). The van der Waals surface area contributed by atoms with Crippen molar-refractivity contribution in [2.45, 2.75) is 45.3 Å². The Morgan fingerprint density at radius 1 is 1.22 bits per heavy atom. The minimum atomic E-state index is -0.108. The Kier molecular flexibility index (Phi) is 5.88. The molecule has 0 bridgehead atoms. The van der Waals surface area contributed by atoms with Crippen LogP contribution in [0, 0.1) is 6.92 Å². The number of aryl methyl sites for hydroxylation is 1. The fourth-order valence-electron chi connectivity index (χ4n) is 4.41. The van der Waals surface area contributed by atoms with Gasteiger partial charge in [-0.3, -0.25) is 19.5 Å². The van der Waals surface area contributed by atoms with E-state index >= 15 is 0 Å². The summed E-state index contributed by atoms with van der Waals surface area (Å²) in [6, 6.07) is 7.82. The van der Waals surface area contributed by atoms with E-state index in [1.54, 1.807) is 17.5 Å². The lowest BCUT2D eigenvalue weighted by Crippen LogP contribution is -2.37. The van der Waals surface area contributed by atoms with Crippen LogP contribution in [0.1, 0.15) is 36.1 Å². The summed E-state index contributed by atoms with van der Waals surface area (Å²) in [4.78, 5) is 30.9. The van der Waals surface area contributed by atoms with Crippen molar-refractivity contribution >= 4 is 45.0 Å². The molecule has 2 saturated heterocycles. The SMILES string of the molecule is Cc1cc(Cl)cc(-c2ccnc3cc(CN4C(=O)CCC4=O)sc23)c1OC1CCCNC1. The van der Waals surface area contributed by atoms with Gasteiger partial charge in [-0.25, -0.2) is 0 Å². The highest BCUT2D eigenvalue weighted by molar-refractivity contribution is 7.19. The number of hydrogen-bond donors (Lipinski definition) is 1. The number of amides is 2. The molecule has 166 valence electrons. The summed E-state index contributed by atoms with van der Waals surface area (Å²) < 4.78 is 7.48. The van der Waals surface area contributed by atoms with E-state index in [-0.39, 0.29) is 17.9 Å². The van der Waals surface area contributed by atoms with Crippen LogP contribution in [0.4, 0.5) is 0 Å². The largest absolute Gasteiger partial charge is 0.488 e. The maximum atomic E-state index is 12.1. The normalized spacial score (nSPS) is 19.2. The zero-order chi connectivity index (χ0) is 22.2. The molecule has 1 aromatic carbocycles. The molecule has 0 spiro atoms. The van der Waals surface area contributed by atoms with Crippen LogP contribution in [0.25, 0.3) is 21.3 Å². The van der Waals surface area contributed by atoms with Crippen molar-refractivity contribution in [3.8, 4) is 16.9 Å². The zero-order valence-corrected chi connectivity index (χ0v) is 19.4. The summed E-state index contributed by atoms with van der Waals surface area (Å²) in [5, 5.41) is 4.06. The topological polar surface area (TPSA) is 71.5 Å². The lowest BCUT2D eigenvalue weighted by Gasteiger charge is -2.26. The summed E-state index contributed by atoms with van der Waals surface area (Å²) in [6.07, 6.45) is 4.60. The van der Waals surface area contributed by atoms with Crippen LogP contribution in [0.5, 0.6) is 5.75 Å². The number of likely N-dealkylation sites (tertiary alicyclic amines) is 1. The smallest absolute Gasteiger partial charge is 0.230 e. The average Bonchev–Trinajstić information content (AvgIpc) is 3.34. The minimum Gasteiger partial charge on any atom is -0.488 e. The van der Waals surface area contributed by atoms with E-state index in [1.165, 1.54) is 4.90 Å². The molecule has 2 fully saturated rings. The monoisotopic (exact) mass is 469 g/mol. The number of benzene rings is 1. The van der Waals surface area contributed by atoms with Crippen LogP contribution in [0.15, 0.2) is 30.5 Å². The molecule has 3 aromatic rings. The second kappa shape index (κ2) is 8.81. The Morgan fingerprint density at radius 3 is 2.78 bits per heavy atom. The highest BCUT2D eigenvalue weighted by atomic mass is 35.5. The number of hydrogen-bond acceptors (Lipinski definition) is 6. The molecule has 32 heavy (non-hydrogen) atoms. The first-order valence-corrected chi connectivity index (χ1v) is 12.1. The van der Waals surface area contributed by atoms with E-state index in [9.17, 15) is 9.59 Å². The molecule has 2 aliphatic heterocycles. The molecule has 1 unspecified atom stereocenters. The standard InChI is InChI=1S/C24H24ClN3O3S/c1-14-9-15(25)10-19(23(14)31-16-3-2-7-26-12-16)18-6-8-27-20-11-17(32-24(18)20)13-28-21(29)4-5-22(28)30/h6,8-11,16,26H,2-5,7,12-13H2,1H3. The first-order chi connectivity index (χ1) is 15.5. The Morgan fingerprint density at radius 2 is 2.03 bits per heavy atom. The van der Waals surface area contributed by atoms with Gasteiger partial charge in [-0.15, -0.1) is 11.3 Å². The first-order valence-electron chi connectivity index (χ1n) is 10.9. The number of halogens is 1. The first kappa shape index (κ1) is 21.4. The average molecular weight is 470 g/mol. The number of carbonyl (C=O) groups excluding carboxylic acids is 2. The van der Waals surface area contributed by atoms with Crippen LogP contribution in [0.3, 0.4) is 0 Å². The molecule has 2 aromatic heterocycles. The molecule has 0 radical (unpaired) electrons. The van der Waals surface area contributed by atoms with Crippen molar-refractivity contribution in [1.82, 2.24) is 15.2 Å². The number of ether oxygens (including phenoxy) is 1. The van der Waals surface area contributed by atoms with Crippen LogP contribution in [-0.4, -0.2) is 40.9 Å². The number of piperidine rings is 1. The molecule has 8 heteroatoms. The number of aromatic nitrogens is 1. The van der Waals surface area contributed by atoms with E-state index in [0.29, 0.717) is 24.4 Å². The van der Waals surface area contributed by atoms with Gasteiger partial charge in [0.1, 0.15) is 11.9 Å². The summed E-state index contributed by atoms with van der Waals surface area (Å²) in [5.74, 6) is 0.626. The van der Waals surface area contributed by atoms with Crippen molar-refractivity contribution in [2.24, 2.45) is 0 Å². The third-order valence-corrected chi connectivity index (χ3v) is 7.36. The van der Waals surface area contributed by atoms with Crippen LogP contribution in [0.2, 0.25) is 5.02 Å². The Labute approximate surface area is 195 Å². The number of nitrogens with one attached hydrogen (secondary N) is 1. The van der Waals surface area contributed by atoms with Gasteiger partial charge in [0, 0.05) is 46.6 Å². The van der Waals surface area contributed by atoms with Crippen molar-refractivity contribution in [3.05, 3.63) is 45.9 Å². The number of thiophene rings is 1. The second-order valence-corrected chi connectivity index (χ2v) is 9.92. The quantitative estimate of drug-likeness (QED) is 0.548. The van der Waals surface area contributed by atoms with E-state index in [2.05, 4.69) is 10.3 Å². The highest BCUT2D eigenvalue weighted by Gasteiger charge is 2.29. The van der Waals surface area contributed by atoms with Crippen LogP contribution >= 0.6 is 22.9 Å². The summed E-state index contributed by atoms with van der Waals surface area (Å²) in [7, 11) is 0. The highest BCUT2D eigenvalue weighted by Crippen LogP contribution is 2.42. The van der Waals surface area contributed by atoms with Gasteiger partial charge in [-0.05, 0) is 56.1 Å². The minimum absolute atomic E-state index is 0.108. The van der Waals surface area contributed by atoms with Gasteiger partial charge in [0.25, 0.3) is 0 Å². The molecule has 0 saturated carbocycles. The number of nitrogens with zero attached hydrogens (tertiary/aromatic N) is 2. The maximum absolute atomic E-state index is 12.1. The predicted molar refractivity (Wildman–Crippen MR) is 126 cm³/mol. The summed E-state index contributed by atoms with van der Waals surface area (Å²) in [5.41, 5.74) is 3.77. The van der Waals surface area contributed by atoms with E-state index in [0.717, 1.165) is 63.5 Å². The third-order valence-electron chi connectivity index (χ3n) is 6.00. The number of carbonyl (C=O) groups is 2. The third kappa shape index (κ3) is 4.12. The lowest BCUT2D eigenvalue weighted by molar-refractivity contribution is -0.138. The Hall–Kier alpha value is -2.48. The molecule has 6 nitrogen and oxygen atoms in total. The van der Waals surface area contributed by atoms with Gasteiger partial charge >= 0.3 is 0 Å². The van der Waals surface area contributed by atoms with E-state index < -0.39 is 0 Å². The van der Waals surface area contributed by atoms with Gasteiger partial charge in [-0.2, -0.15) is 0 Å². The fourth-order valence-corrected chi connectivity index (χ4v) is 5.81. The van der Waals surface area contributed by atoms with Crippen LogP contribution in [-0.2, 0) is 16.1 Å². The lowest BCUT2D eigenvalue weighted by atomic mass is 10.0. The van der Waals surface area contributed by atoms with Gasteiger partial charge in [0.2, 0.25) is 11.8 Å². The second-order valence-electron chi connectivity index (χ2n) is 8.34. The van der Waals surface area contributed by atoms with Gasteiger partial charge in [0.05, 0.1) is 16.8 Å². The molecular formula is C24H24ClN3O3S. The number of pyridine rings is 1. The summed E-state index contributed by atoms with van der Waals surface area (Å²) in [6.45, 7) is 4.17. The molecular weight excluding hydrogens is 446 g/mol. The van der Waals surface area contributed by atoms with Gasteiger partial charge in [-0.1, -0.05) is 11.6 Å². The maximum Gasteiger partial charge on any atom is 0.230 e.